The monoisotopic (exact) mass is 251 g/mol. The zero-order chi connectivity index (χ0) is 12.8. The average molecular weight is 251 g/mol. The summed E-state index contributed by atoms with van der Waals surface area (Å²) in [6, 6.07) is 3.91. The van der Waals surface area contributed by atoms with E-state index in [0.717, 1.165) is 0 Å². The van der Waals surface area contributed by atoms with Gasteiger partial charge >= 0.3 is 5.97 Å². The zero-order valence-corrected chi connectivity index (χ0v) is 9.65. The second kappa shape index (κ2) is 5.77. The Balaban J connectivity index is 3.06. The van der Waals surface area contributed by atoms with Crippen LogP contribution >= 0.6 is 11.8 Å². The zero-order valence-electron chi connectivity index (χ0n) is 8.84. The molecule has 0 radical (unpaired) electrons. The largest absolute Gasteiger partial charge is 0.507 e. The van der Waals surface area contributed by atoms with E-state index in [2.05, 4.69) is 10.3 Å². The normalized spacial score (nSPS) is 10.7. The number of hydrogen-bond donors (Lipinski definition) is 3. The maximum atomic E-state index is 10.7. The first-order valence-electron chi connectivity index (χ1n) is 4.42. The van der Waals surface area contributed by atoms with Crippen LogP contribution in [0.3, 0.4) is 0 Å². The Bertz CT molecular complexity index is 508. The van der Waals surface area contributed by atoms with Crippen LogP contribution in [-0.2, 0) is 0 Å². The molecule has 0 spiro atoms. The topological polar surface area (TPSA) is 106 Å². The molecule has 3 N–H and O–H groups in total. The molecule has 0 atom stereocenters. The number of thioether (sulfide) groups is 1. The first-order chi connectivity index (χ1) is 8.08. The molecule has 0 aromatic heterocycles. The Hall–Kier alpha value is -2.20. The third kappa shape index (κ3) is 3.39. The van der Waals surface area contributed by atoms with Crippen LogP contribution in [0, 0.1) is 11.5 Å². The van der Waals surface area contributed by atoms with E-state index in [1.165, 1.54) is 30.0 Å². The third-order valence-electron chi connectivity index (χ3n) is 1.80. The molecular weight excluding hydrogens is 242 g/mol. The number of nitriles is 1. The number of benzene rings is 1. The number of hydrogen-bond acceptors (Lipinski definition) is 5. The molecule has 0 saturated carbocycles. The van der Waals surface area contributed by atoms with Gasteiger partial charge in [-0.25, -0.2) is 9.79 Å². The van der Waals surface area contributed by atoms with Crippen LogP contribution in [0.5, 0.6) is 5.75 Å². The second-order valence-corrected chi connectivity index (χ2v) is 3.66. The van der Waals surface area contributed by atoms with Gasteiger partial charge in [0.2, 0.25) is 0 Å². The van der Waals surface area contributed by atoms with E-state index in [1.807, 2.05) is 0 Å². The van der Waals surface area contributed by atoms with Crippen molar-refractivity contribution < 1.29 is 15.0 Å². The summed E-state index contributed by atoms with van der Waals surface area (Å²) < 4.78 is 0. The van der Waals surface area contributed by atoms with Crippen LogP contribution < -0.4 is 5.32 Å². The molecule has 1 aromatic rings. The lowest BCUT2D eigenvalue weighted by Crippen LogP contribution is -2.12. The summed E-state index contributed by atoms with van der Waals surface area (Å²) in [6.07, 6.45) is 3.46. The smallest absolute Gasteiger partial charge is 0.339 e. The summed E-state index contributed by atoms with van der Waals surface area (Å²) in [4.78, 5) is 14.7. The molecule has 0 unspecified atom stereocenters. The summed E-state index contributed by atoms with van der Waals surface area (Å²) >= 11 is 1.22. The Morgan fingerprint density at radius 1 is 1.59 bits per heavy atom. The molecule has 0 amide bonds. The molecule has 0 fully saturated rings. The van der Waals surface area contributed by atoms with Gasteiger partial charge in [-0.15, -0.1) is 0 Å². The van der Waals surface area contributed by atoms with Crippen molar-refractivity contribution in [2.75, 3.05) is 6.26 Å². The van der Waals surface area contributed by atoms with Gasteiger partial charge in [-0.1, -0.05) is 11.8 Å². The summed E-state index contributed by atoms with van der Waals surface area (Å²) in [6.45, 7) is 0. The number of rotatable bonds is 2. The van der Waals surface area contributed by atoms with E-state index in [1.54, 1.807) is 12.4 Å². The fourth-order valence-corrected chi connectivity index (χ4v) is 1.40. The minimum Gasteiger partial charge on any atom is -0.507 e. The van der Waals surface area contributed by atoms with Crippen molar-refractivity contribution in [1.82, 2.24) is 5.32 Å². The average Bonchev–Trinajstić information content (AvgIpc) is 2.28. The van der Waals surface area contributed by atoms with E-state index in [0.29, 0.717) is 10.9 Å². The lowest BCUT2D eigenvalue weighted by Gasteiger charge is -2.02. The van der Waals surface area contributed by atoms with E-state index in [4.69, 9.17) is 10.4 Å². The van der Waals surface area contributed by atoms with Gasteiger partial charge in [-0.3, -0.25) is 5.32 Å². The molecular formula is C10H9N3O3S. The SMILES string of the molecule is CSC(=Nc1ccc(C(=O)O)c(O)c1)NC#N. The minimum atomic E-state index is -1.21. The summed E-state index contributed by atoms with van der Waals surface area (Å²) in [5.74, 6) is -1.57. The third-order valence-corrected chi connectivity index (χ3v) is 2.38. The van der Waals surface area contributed by atoms with E-state index >= 15 is 0 Å². The number of amidine groups is 1. The lowest BCUT2D eigenvalue weighted by molar-refractivity contribution is 0.0694. The summed E-state index contributed by atoms with van der Waals surface area (Å²) in [5.41, 5.74) is 0.169. The number of aromatic hydroxyl groups is 1. The first kappa shape index (κ1) is 12.9. The van der Waals surface area contributed by atoms with Crippen molar-refractivity contribution in [2.45, 2.75) is 0 Å². The molecule has 17 heavy (non-hydrogen) atoms. The first-order valence-corrected chi connectivity index (χ1v) is 5.65. The van der Waals surface area contributed by atoms with Crippen molar-refractivity contribution in [3.05, 3.63) is 23.8 Å². The number of carboxylic acids is 1. The molecule has 88 valence electrons. The van der Waals surface area contributed by atoms with Gasteiger partial charge < -0.3 is 10.2 Å². The maximum Gasteiger partial charge on any atom is 0.339 e. The Labute approximate surface area is 102 Å². The molecule has 0 bridgehead atoms. The van der Waals surface area contributed by atoms with Crippen LogP contribution in [0.4, 0.5) is 5.69 Å². The highest BCUT2D eigenvalue weighted by Crippen LogP contribution is 2.24. The number of carboxylic acid groups (broad SMARTS) is 1. The highest BCUT2D eigenvalue weighted by Gasteiger charge is 2.09. The predicted octanol–water partition coefficient (Wildman–Crippen LogP) is 1.51. The molecule has 1 aromatic carbocycles. The van der Waals surface area contributed by atoms with Crippen LogP contribution in [-0.4, -0.2) is 27.6 Å². The molecule has 1 rings (SSSR count). The number of carbonyl (C=O) groups is 1. The van der Waals surface area contributed by atoms with Crippen LogP contribution in [0.25, 0.3) is 0 Å². The Morgan fingerprint density at radius 3 is 2.76 bits per heavy atom. The van der Waals surface area contributed by atoms with Gasteiger partial charge in [0, 0.05) is 6.07 Å². The number of nitrogens with zero attached hydrogens (tertiary/aromatic N) is 2. The Kier molecular flexibility index (Phi) is 4.37. The van der Waals surface area contributed by atoms with Gasteiger partial charge in [0.1, 0.15) is 11.3 Å². The highest BCUT2D eigenvalue weighted by molar-refractivity contribution is 8.13. The molecule has 0 aliphatic rings. The van der Waals surface area contributed by atoms with Gasteiger partial charge in [-0.2, -0.15) is 5.26 Å². The number of phenols is 1. The van der Waals surface area contributed by atoms with Crippen LogP contribution in [0.15, 0.2) is 23.2 Å². The van der Waals surface area contributed by atoms with E-state index in [9.17, 15) is 9.90 Å². The number of aliphatic imine (C=N–C) groups is 1. The maximum absolute atomic E-state index is 10.7. The van der Waals surface area contributed by atoms with Gasteiger partial charge in [0.25, 0.3) is 0 Å². The van der Waals surface area contributed by atoms with E-state index < -0.39 is 5.97 Å². The van der Waals surface area contributed by atoms with Crippen molar-refractivity contribution in [3.63, 3.8) is 0 Å². The standard InChI is InChI=1S/C10H9N3O3S/c1-17-10(12-5-11)13-6-2-3-7(9(15)16)8(14)4-6/h2-4,14H,1H3,(H,12,13)(H,15,16). The van der Waals surface area contributed by atoms with Crippen molar-refractivity contribution in [3.8, 4) is 11.9 Å². The molecule has 6 nitrogen and oxygen atoms in total. The Morgan fingerprint density at radius 2 is 2.29 bits per heavy atom. The molecule has 0 heterocycles. The van der Waals surface area contributed by atoms with Crippen LogP contribution in [0.1, 0.15) is 10.4 Å². The van der Waals surface area contributed by atoms with E-state index in [-0.39, 0.29) is 11.3 Å². The van der Waals surface area contributed by atoms with Crippen LogP contribution in [0.2, 0.25) is 0 Å². The molecule has 7 heteroatoms. The highest BCUT2D eigenvalue weighted by atomic mass is 32.2. The van der Waals surface area contributed by atoms with Gasteiger partial charge in [-0.05, 0) is 18.4 Å². The summed E-state index contributed by atoms with van der Waals surface area (Å²) in [5, 5.41) is 29.3. The molecule has 0 aliphatic heterocycles. The fraction of sp³-hybridized carbons (Fsp3) is 0.100. The molecule has 0 saturated heterocycles. The second-order valence-electron chi connectivity index (χ2n) is 2.86. The van der Waals surface area contributed by atoms with Gasteiger partial charge in [0.05, 0.1) is 5.69 Å². The van der Waals surface area contributed by atoms with Crippen molar-refractivity contribution in [1.29, 1.82) is 5.26 Å². The predicted molar refractivity (Wildman–Crippen MR) is 64.4 cm³/mol. The minimum absolute atomic E-state index is 0.192. The quantitative estimate of drug-likeness (QED) is 0.318. The summed E-state index contributed by atoms with van der Waals surface area (Å²) in [7, 11) is 0. The molecule has 0 aliphatic carbocycles. The fourth-order valence-electron chi connectivity index (χ4n) is 1.06. The van der Waals surface area contributed by atoms with Crippen molar-refractivity contribution >= 4 is 28.6 Å². The lowest BCUT2D eigenvalue weighted by atomic mass is 10.2. The van der Waals surface area contributed by atoms with Crippen molar-refractivity contribution in [2.24, 2.45) is 4.99 Å². The number of aromatic carboxylic acids is 1. The van der Waals surface area contributed by atoms with Gasteiger partial charge in [0.15, 0.2) is 11.4 Å². The number of nitrogens with one attached hydrogen (secondary N) is 1.